The minimum absolute atomic E-state index is 0.860. The SMILES string of the molecule is COc1c(-c2ccccc2)c(OC)c2ccccc2c1C. The van der Waals surface area contributed by atoms with Crippen molar-refractivity contribution in [2.24, 2.45) is 0 Å². The predicted octanol–water partition coefficient (Wildman–Crippen LogP) is 4.83. The molecular formula is C19H18O2. The average molecular weight is 278 g/mol. The number of rotatable bonds is 3. The van der Waals surface area contributed by atoms with Crippen molar-refractivity contribution in [3.63, 3.8) is 0 Å². The van der Waals surface area contributed by atoms with E-state index in [1.165, 1.54) is 0 Å². The molecule has 3 aromatic carbocycles. The molecule has 0 fully saturated rings. The van der Waals surface area contributed by atoms with Gasteiger partial charge in [0, 0.05) is 5.39 Å². The Kier molecular flexibility index (Phi) is 3.53. The molecule has 0 spiro atoms. The molecule has 0 unspecified atom stereocenters. The van der Waals surface area contributed by atoms with E-state index in [1.807, 2.05) is 30.3 Å². The average Bonchev–Trinajstić information content (AvgIpc) is 2.55. The number of hydrogen-bond acceptors (Lipinski definition) is 2. The number of benzene rings is 3. The van der Waals surface area contributed by atoms with Gasteiger partial charge in [-0.2, -0.15) is 0 Å². The lowest BCUT2D eigenvalue weighted by atomic mass is 9.94. The minimum atomic E-state index is 0.860. The summed E-state index contributed by atoms with van der Waals surface area (Å²) in [5.74, 6) is 1.73. The largest absolute Gasteiger partial charge is 0.496 e. The molecular weight excluding hydrogens is 260 g/mol. The zero-order valence-corrected chi connectivity index (χ0v) is 12.5. The molecule has 0 heterocycles. The van der Waals surface area contributed by atoms with Gasteiger partial charge < -0.3 is 9.47 Å². The quantitative estimate of drug-likeness (QED) is 0.683. The van der Waals surface area contributed by atoms with Crippen molar-refractivity contribution in [1.82, 2.24) is 0 Å². The van der Waals surface area contributed by atoms with Gasteiger partial charge in [-0.25, -0.2) is 0 Å². The van der Waals surface area contributed by atoms with Gasteiger partial charge in [0.15, 0.2) is 0 Å². The molecule has 2 heteroatoms. The van der Waals surface area contributed by atoms with E-state index in [0.717, 1.165) is 39.0 Å². The van der Waals surface area contributed by atoms with Gasteiger partial charge >= 0.3 is 0 Å². The smallest absolute Gasteiger partial charge is 0.138 e. The number of fused-ring (bicyclic) bond motifs is 1. The maximum Gasteiger partial charge on any atom is 0.138 e. The van der Waals surface area contributed by atoms with Crippen molar-refractivity contribution in [2.45, 2.75) is 6.92 Å². The van der Waals surface area contributed by atoms with E-state index in [9.17, 15) is 0 Å². The standard InChI is InChI=1S/C19H18O2/c1-13-15-11-7-8-12-16(15)19(21-3)17(18(13)20-2)14-9-5-4-6-10-14/h4-12H,1-3H3. The normalized spacial score (nSPS) is 10.6. The molecule has 0 aromatic heterocycles. The van der Waals surface area contributed by atoms with Crippen LogP contribution in [0.1, 0.15) is 5.56 Å². The minimum Gasteiger partial charge on any atom is -0.496 e. The van der Waals surface area contributed by atoms with E-state index in [1.54, 1.807) is 14.2 Å². The Morgan fingerprint density at radius 2 is 1.24 bits per heavy atom. The van der Waals surface area contributed by atoms with Crippen LogP contribution >= 0.6 is 0 Å². The Morgan fingerprint density at radius 3 is 1.86 bits per heavy atom. The van der Waals surface area contributed by atoms with Gasteiger partial charge in [-0.05, 0) is 23.4 Å². The third kappa shape index (κ3) is 2.13. The van der Waals surface area contributed by atoms with E-state index in [2.05, 4.69) is 31.2 Å². The van der Waals surface area contributed by atoms with Crippen LogP contribution in [-0.4, -0.2) is 14.2 Å². The van der Waals surface area contributed by atoms with Crippen LogP contribution in [0.25, 0.3) is 21.9 Å². The summed E-state index contributed by atoms with van der Waals surface area (Å²) in [5.41, 5.74) is 3.24. The Hall–Kier alpha value is -2.48. The molecule has 0 saturated heterocycles. The molecule has 0 saturated carbocycles. The van der Waals surface area contributed by atoms with Gasteiger partial charge in [0.1, 0.15) is 11.5 Å². The van der Waals surface area contributed by atoms with E-state index < -0.39 is 0 Å². The van der Waals surface area contributed by atoms with Crippen LogP contribution < -0.4 is 9.47 Å². The van der Waals surface area contributed by atoms with Gasteiger partial charge in [0.2, 0.25) is 0 Å². The van der Waals surface area contributed by atoms with Crippen molar-refractivity contribution < 1.29 is 9.47 Å². The summed E-state index contributed by atoms with van der Waals surface area (Å²) in [4.78, 5) is 0. The molecule has 0 radical (unpaired) electrons. The zero-order valence-electron chi connectivity index (χ0n) is 12.5. The maximum atomic E-state index is 5.73. The first-order chi connectivity index (χ1) is 10.3. The molecule has 0 N–H and O–H groups in total. The topological polar surface area (TPSA) is 18.5 Å². The molecule has 106 valence electrons. The van der Waals surface area contributed by atoms with Crippen molar-refractivity contribution in [3.8, 4) is 22.6 Å². The van der Waals surface area contributed by atoms with Gasteiger partial charge in [0.25, 0.3) is 0 Å². The van der Waals surface area contributed by atoms with Crippen LogP contribution in [-0.2, 0) is 0 Å². The Labute approximate surface area is 124 Å². The highest BCUT2D eigenvalue weighted by Gasteiger charge is 2.19. The van der Waals surface area contributed by atoms with Crippen molar-refractivity contribution in [2.75, 3.05) is 14.2 Å². The summed E-state index contributed by atoms with van der Waals surface area (Å²) in [5, 5.41) is 2.27. The van der Waals surface area contributed by atoms with Crippen LogP contribution in [0.2, 0.25) is 0 Å². The first-order valence-electron chi connectivity index (χ1n) is 6.96. The third-order valence-corrected chi connectivity index (χ3v) is 3.84. The van der Waals surface area contributed by atoms with E-state index >= 15 is 0 Å². The molecule has 2 nitrogen and oxygen atoms in total. The van der Waals surface area contributed by atoms with Crippen molar-refractivity contribution in [3.05, 3.63) is 60.2 Å². The van der Waals surface area contributed by atoms with E-state index in [0.29, 0.717) is 0 Å². The molecule has 21 heavy (non-hydrogen) atoms. The first-order valence-corrected chi connectivity index (χ1v) is 6.96. The van der Waals surface area contributed by atoms with Crippen LogP contribution in [0, 0.1) is 6.92 Å². The van der Waals surface area contributed by atoms with Gasteiger partial charge in [0.05, 0.1) is 19.8 Å². The summed E-state index contributed by atoms with van der Waals surface area (Å²) in [6.07, 6.45) is 0. The molecule has 0 aliphatic carbocycles. The fraction of sp³-hybridized carbons (Fsp3) is 0.158. The number of aryl methyl sites for hydroxylation is 1. The molecule has 0 bridgehead atoms. The maximum absolute atomic E-state index is 5.73. The second-order valence-corrected chi connectivity index (χ2v) is 4.98. The second-order valence-electron chi connectivity index (χ2n) is 4.98. The lowest BCUT2D eigenvalue weighted by Gasteiger charge is -2.19. The lowest BCUT2D eigenvalue weighted by Crippen LogP contribution is -1.97. The van der Waals surface area contributed by atoms with Crippen LogP contribution in [0.3, 0.4) is 0 Å². The number of ether oxygens (including phenoxy) is 2. The highest BCUT2D eigenvalue weighted by molar-refractivity contribution is 6.00. The fourth-order valence-corrected chi connectivity index (χ4v) is 2.89. The Bertz CT molecular complexity index is 776. The van der Waals surface area contributed by atoms with Gasteiger partial charge in [-0.3, -0.25) is 0 Å². The summed E-state index contributed by atoms with van der Waals surface area (Å²) >= 11 is 0. The van der Waals surface area contributed by atoms with Crippen molar-refractivity contribution in [1.29, 1.82) is 0 Å². The van der Waals surface area contributed by atoms with Crippen LogP contribution in [0.4, 0.5) is 0 Å². The monoisotopic (exact) mass is 278 g/mol. The molecule has 3 aromatic rings. The molecule has 0 aliphatic heterocycles. The number of methoxy groups -OCH3 is 2. The Morgan fingerprint density at radius 1 is 0.667 bits per heavy atom. The van der Waals surface area contributed by atoms with Crippen LogP contribution in [0.15, 0.2) is 54.6 Å². The first kappa shape index (κ1) is 13.5. The summed E-state index contributed by atoms with van der Waals surface area (Å²) in [7, 11) is 3.42. The molecule has 0 atom stereocenters. The second kappa shape index (κ2) is 5.49. The molecule has 0 aliphatic rings. The van der Waals surface area contributed by atoms with E-state index in [4.69, 9.17) is 9.47 Å². The summed E-state index contributed by atoms with van der Waals surface area (Å²) < 4.78 is 11.4. The summed E-state index contributed by atoms with van der Waals surface area (Å²) in [6, 6.07) is 18.5. The zero-order chi connectivity index (χ0) is 14.8. The molecule has 3 rings (SSSR count). The highest BCUT2D eigenvalue weighted by Crippen LogP contribution is 2.46. The Balaban J connectivity index is 2.47. The predicted molar refractivity (Wildman–Crippen MR) is 87.2 cm³/mol. The molecule has 0 amide bonds. The number of hydrogen-bond donors (Lipinski definition) is 0. The van der Waals surface area contributed by atoms with Gasteiger partial charge in [-0.15, -0.1) is 0 Å². The van der Waals surface area contributed by atoms with Crippen LogP contribution in [0.5, 0.6) is 11.5 Å². The summed E-state index contributed by atoms with van der Waals surface area (Å²) in [6.45, 7) is 2.09. The third-order valence-electron chi connectivity index (χ3n) is 3.84. The lowest BCUT2D eigenvalue weighted by molar-refractivity contribution is 0.399. The fourth-order valence-electron chi connectivity index (χ4n) is 2.89. The highest BCUT2D eigenvalue weighted by atomic mass is 16.5. The van der Waals surface area contributed by atoms with Gasteiger partial charge in [-0.1, -0.05) is 54.6 Å². The van der Waals surface area contributed by atoms with Crippen molar-refractivity contribution >= 4 is 10.8 Å². The van der Waals surface area contributed by atoms with E-state index in [-0.39, 0.29) is 0 Å².